The van der Waals surface area contributed by atoms with Crippen molar-refractivity contribution < 1.29 is 8.42 Å². The van der Waals surface area contributed by atoms with E-state index >= 15 is 0 Å². The average Bonchev–Trinajstić information content (AvgIpc) is 2.29. The molecule has 0 aromatic rings. The fourth-order valence-corrected chi connectivity index (χ4v) is 3.21. The van der Waals surface area contributed by atoms with E-state index in [1.165, 1.54) is 6.26 Å². The SMILES string of the molecule is CCN(CC)C(C)(CC)C(CCS(C)(=O)=O)NN. The van der Waals surface area contributed by atoms with Gasteiger partial charge < -0.3 is 0 Å². The zero-order valence-corrected chi connectivity index (χ0v) is 13.2. The van der Waals surface area contributed by atoms with Gasteiger partial charge in [-0.25, -0.2) is 8.42 Å². The molecule has 2 unspecified atom stereocenters. The van der Waals surface area contributed by atoms with Crippen LogP contribution in [0.4, 0.5) is 0 Å². The Balaban J connectivity index is 4.95. The fraction of sp³-hybridized carbons (Fsp3) is 1.00. The molecule has 5 nitrogen and oxygen atoms in total. The summed E-state index contributed by atoms with van der Waals surface area (Å²) in [6, 6.07) is -0.0304. The Labute approximate surface area is 112 Å². The lowest BCUT2D eigenvalue weighted by molar-refractivity contribution is 0.0689. The second-order valence-corrected chi connectivity index (χ2v) is 7.28. The van der Waals surface area contributed by atoms with Crippen molar-refractivity contribution in [1.29, 1.82) is 0 Å². The highest BCUT2D eigenvalue weighted by atomic mass is 32.2. The van der Waals surface area contributed by atoms with Gasteiger partial charge in [-0.05, 0) is 32.9 Å². The van der Waals surface area contributed by atoms with Gasteiger partial charge in [0.15, 0.2) is 0 Å². The van der Waals surface area contributed by atoms with Crippen molar-refractivity contribution in [1.82, 2.24) is 10.3 Å². The number of nitrogens with two attached hydrogens (primary N) is 1. The summed E-state index contributed by atoms with van der Waals surface area (Å²) in [5.41, 5.74) is 2.69. The number of sulfone groups is 1. The van der Waals surface area contributed by atoms with Crippen LogP contribution < -0.4 is 11.3 Å². The molecule has 0 aromatic carbocycles. The molecule has 0 spiro atoms. The summed E-state index contributed by atoms with van der Waals surface area (Å²) in [6.07, 6.45) is 2.73. The Morgan fingerprint density at radius 2 is 1.78 bits per heavy atom. The Kier molecular flexibility index (Phi) is 7.36. The van der Waals surface area contributed by atoms with E-state index in [9.17, 15) is 8.42 Å². The molecule has 0 heterocycles. The van der Waals surface area contributed by atoms with Crippen LogP contribution in [0.15, 0.2) is 0 Å². The van der Waals surface area contributed by atoms with E-state index in [1.54, 1.807) is 0 Å². The van der Waals surface area contributed by atoms with Crippen molar-refractivity contribution in [3.05, 3.63) is 0 Å². The highest BCUT2D eigenvalue weighted by molar-refractivity contribution is 7.90. The van der Waals surface area contributed by atoms with E-state index in [1.807, 2.05) is 0 Å². The van der Waals surface area contributed by atoms with E-state index in [0.717, 1.165) is 19.5 Å². The maximum Gasteiger partial charge on any atom is 0.147 e. The minimum atomic E-state index is -2.95. The summed E-state index contributed by atoms with van der Waals surface area (Å²) >= 11 is 0. The molecule has 0 saturated heterocycles. The summed E-state index contributed by atoms with van der Waals surface area (Å²) in [4.78, 5) is 2.33. The van der Waals surface area contributed by atoms with Crippen LogP contribution in [0.3, 0.4) is 0 Å². The number of hydrazine groups is 1. The third kappa shape index (κ3) is 4.84. The number of nitrogens with one attached hydrogen (secondary N) is 1. The average molecular weight is 279 g/mol. The minimum absolute atomic E-state index is 0.0304. The Bertz CT molecular complexity index is 328. The number of rotatable bonds is 9. The molecule has 2 atom stereocenters. The predicted octanol–water partition coefficient (Wildman–Crippen LogP) is 0.764. The van der Waals surface area contributed by atoms with Crippen LogP contribution in [0.2, 0.25) is 0 Å². The Morgan fingerprint density at radius 3 is 2.06 bits per heavy atom. The van der Waals surface area contributed by atoms with Gasteiger partial charge in [0.1, 0.15) is 9.84 Å². The molecule has 0 saturated carbocycles. The van der Waals surface area contributed by atoms with Crippen molar-refractivity contribution in [2.24, 2.45) is 5.84 Å². The number of nitrogens with zero attached hydrogens (tertiary/aromatic N) is 1. The molecule has 0 aliphatic carbocycles. The third-order valence-corrected chi connectivity index (χ3v) is 4.91. The van der Waals surface area contributed by atoms with E-state index in [4.69, 9.17) is 5.84 Å². The zero-order valence-electron chi connectivity index (χ0n) is 12.4. The topological polar surface area (TPSA) is 75.4 Å². The summed E-state index contributed by atoms with van der Waals surface area (Å²) in [6.45, 7) is 10.3. The number of hydrogen-bond donors (Lipinski definition) is 2. The number of hydrogen-bond acceptors (Lipinski definition) is 5. The lowest BCUT2D eigenvalue weighted by Crippen LogP contribution is -2.61. The van der Waals surface area contributed by atoms with Gasteiger partial charge in [-0.2, -0.15) is 0 Å². The van der Waals surface area contributed by atoms with Crippen molar-refractivity contribution in [2.75, 3.05) is 25.1 Å². The van der Waals surface area contributed by atoms with Gasteiger partial charge >= 0.3 is 0 Å². The zero-order chi connectivity index (χ0) is 14.4. The molecule has 0 amide bonds. The summed E-state index contributed by atoms with van der Waals surface area (Å²) in [7, 11) is -2.95. The molecule has 0 bridgehead atoms. The summed E-state index contributed by atoms with van der Waals surface area (Å²) < 4.78 is 22.6. The van der Waals surface area contributed by atoms with E-state index in [-0.39, 0.29) is 17.3 Å². The predicted molar refractivity (Wildman–Crippen MR) is 77.1 cm³/mol. The molecule has 0 radical (unpaired) electrons. The molecule has 110 valence electrons. The van der Waals surface area contributed by atoms with E-state index in [2.05, 4.69) is 38.0 Å². The Hall–Kier alpha value is -0.170. The van der Waals surface area contributed by atoms with Crippen molar-refractivity contribution in [2.45, 2.75) is 52.1 Å². The quantitative estimate of drug-likeness (QED) is 0.481. The summed E-state index contributed by atoms with van der Waals surface area (Å²) in [5.74, 6) is 5.80. The second-order valence-electron chi connectivity index (χ2n) is 5.02. The molecule has 0 rings (SSSR count). The highest BCUT2D eigenvalue weighted by Crippen LogP contribution is 2.25. The van der Waals surface area contributed by atoms with Crippen LogP contribution in [0.1, 0.15) is 40.5 Å². The molecule has 0 aromatic heterocycles. The molecule has 0 aliphatic heterocycles. The normalized spacial score (nSPS) is 17.7. The molecule has 18 heavy (non-hydrogen) atoms. The van der Waals surface area contributed by atoms with Gasteiger partial charge in [-0.3, -0.25) is 16.2 Å². The van der Waals surface area contributed by atoms with Crippen LogP contribution in [-0.4, -0.2) is 50.0 Å². The van der Waals surface area contributed by atoms with Crippen LogP contribution in [0.25, 0.3) is 0 Å². The lowest BCUT2D eigenvalue weighted by Gasteiger charge is -2.45. The largest absolute Gasteiger partial charge is 0.297 e. The molecular formula is C12H29N3O2S. The first-order chi connectivity index (χ1) is 8.25. The molecule has 6 heteroatoms. The maximum absolute atomic E-state index is 11.3. The van der Waals surface area contributed by atoms with E-state index in [0.29, 0.717) is 6.42 Å². The molecular weight excluding hydrogens is 250 g/mol. The first-order valence-electron chi connectivity index (χ1n) is 6.64. The van der Waals surface area contributed by atoms with Crippen molar-refractivity contribution in [3.8, 4) is 0 Å². The first kappa shape index (κ1) is 17.8. The van der Waals surface area contributed by atoms with Gasteiger partial charge in [-0.15, -0.1) is 0 Å². The van der Waals surface area contributed by atoms with Crippen LogP contribution in [-0.2, 0) is 9.84 Å². The van der Waals surface area contributed by atoms with Crippen LogP contribution >= 0.6 is 0 Å². The first-order valence-corrected chi connectivity index (χ1v) is 8.70. The number of likely N-dealkylation sites (N-methyl/N-ethyl adjacent to an activating group) is 1. The van der Waals surface area contributed by atoms with Crippen LogP contribution in [0, 0.1) is 0 Å². The molecule has 3 N–H and O–H groups in total. The second kappa shape index (κ2) is 7.43. The van der Waals surface area contributed by atoms with E-state index < -0.39 is 9.84 Å². The smallest absolute Gasteiger partial charge is 0.147 e. The maximum atomic E-state index is 11.3. The van der Waals surface area contributed by atoms with Gasteiger partial charge in [0.2, 0.25) is 0 Å². The van der Waals surface area contributed by atoms with Gasteiger partial charge in [-0.1, -0.05) is 20.8 Å². The minimum Gasteiger partial charge on any atom is -0.297 e. The molecule has 0 fully saturated rings. The summed E-state index contributed by atoms with van der Waals surface area (Å²) in [5, 5.41) is 0. The van der Waals surface area contributed by atoms with Crippen molar-refractivity contribution in [3.63, 3.8) is 0 Å². The standard InChI is InChI=1S/C12H29N3O2S/c1-6-12(4,15(7-2)8-3)11(14-13)9-10-18(5,16)17/h11,14H,6-10,13H2,1-5H3. The fourth-order valence-electron chi connectivity index (χ4n) is 2.54. The van der Waals surface area contributed by atoms with Gasteiger partial charge in [0, 0.05) is 17.8 Å². The molecule has 0 aliphatic rings. The van der Waals surface area contributed by atoms with Gasteiger partial charge in [0.25, 0.3) is 0 Å². The third-order valence-electron chi connectivity index (χ3n) is 3.93. The van der Waals surface area contributed by atoms with Gasteiger partial charge in [0.05, 0.1) is 5.75 Å². The monoisotopic (exact) mass is 279 g/mol. The Morgan fingerprint density at radius 1 is 1.28 bits per heavy atom. The van der Waals surface area contributed by atoms with Crippen molar-refractivity contribution >= 4 is 9.84 Å². The van der Waals surface area contributed by atoms with Crippen LogP contribution in [0.5, 0.6) is 0 Å². The lowest BCUT2D eigenvalue weighted by atomic mass is 9.86. The highest BCUT2D eigenvalue weighted by Gasteiger charge is 2.36.